The third-order valence-electron chi connectivity index (χ3n) is 4.17. The summed E-state index contributed by atoms with van der Waals surface area (Å²) in [5.41, 5.74) is 2.62. The number of nitrogens with zero attached hydrogens (tertiary/aromatic N) is 1. The molecule has 1 unspecified atom stereocenters. The fraction of sp³-hybridized carbons (Fsp3) is 0.263. The van der Waals surface area contributed by atoms with Crippen LogP contribution in [0.4, 0.5) is 0 Å². The highest BCUT2D eigenvalue weighted by Crippen LogP contribution is 2.27. The summed E-state index contributed by atoms with van der Waals surface area (Å²) < 4.78 is 27.4. The maximum Gasteiger partial charge on any atom is 0.268 e. The Bertz CT molecular complexity index is 954. The van der Waals surface area contributed by atoms with Crippen molar-refractivity contribution in [2.45, 2.75) is 37.7 Å². The molecule has 0 aliphatic heterocycles. The minimum absolute atomic E-state index is 0.274. The number of aliphatic hydroxyl groups is 1. The lowest BCUT2D eigenvalue weighted by atomic mass is 10.1. The summed E-state index contributed by atoms with van der Waals surface area (Å²) in [6.07, 6.45) is 2.50. The van der Waals surface area contributed by atoms with E-state index < -0.39 is 16.1 Å². The van der Waals surface area contributed by atoms with Gasteiger partial charge >= 0.3 is 0 Å². The van der Waals surface area contributed by atoms with Crippen molar-refractivity contribution in [2.24, 2.45) is 0 Å². The average molecular weight is 343 g/mol. The molecule has 0 spiro atoms. The van der Waals surface area contributed by atoms with Crippen molar-refractivity contribution >= 4 is 20.9 Å². The van der Waals surface area contributed by atoms with Crippen molar-refractivity contribution in [3.8, 4) is 0 Å². The van der Waals surface area contributed by atoms with E-state index in [2.05, 4.69) is 0 Å². The lowest BCUT2D eigenvalue weighted by molar-refractivity contribution is 0.185. The normalized spacial score (nSPS) is 13.3. The molecule has 3 aromatic rings. The predicted molar refractivity (Wildman–Crippen MR) is 95.7 cm³/mol. The number of hydrogen-bond donors (Lipinski definition) is 1. The van der Waals surface area contributed by atoms with Gasteiger partial charge in [-0.1, -0.05) is 35.9 Å². The van der Waals surface area contributed by atoms with Crippen molar-refractivity contribution in [1.82, 2.24) is 3.97 Å². The lowest BCUT2D eigenvalue weighted by Crippen LogP contribution is -2.11. The SMILES string of the molecule is Cc1ccc(S(=O)(=O)n2cc(CCC(C)O)c3ccccc32)cc1. The van der Waals surface area contributed by atoms with E-state index in [0.717, 1.165) is 16.5 Å². The topological polar surface area (TPSA) is 59.3 Å². The van der Waals surface area contributed by atoms with E-state index >= 15 is 0 Å². The predicted octanol–water partition coefficient (Wildman–Crippen LogP) is 3.50. The Morgan fingerprint density at radius 1 is 1.08 bits per heavy atom. The molecule has 0 fully saturated rings. The van der Waals surface area contributed by atoms with Crippen LogP contribution in [0.15, 0.2) is 59.6 Å². The van der Waals surface area contributed by atoms with Gasteiger partial charge in [0.2, 0.25) is 0 Å². The van der Waals surface area contributed by atoms with Gasteiger partial charge < -0.3 is 5.11 Å². The largest absolute Gasteiger partial charge is 0.393 e. The van der Waals surface area contributed by atoms with Gasteiger partial charge in [-0.3, -0.25) is 0 Å². The molecule has 0 saturated carbocycles. The van der Waals surface area contributed by atoms with E-state index in [9.17, 15) is 13.5 Å². The van der Waals surface area contributed by atoms with Crippen LogP contribution in [0, 0.1) is 6.92 Å². The Hall–Kier alpha value is -2.11. The number of para-hydroxylation sites is 1. The van der Waals surface area contributed by atoms with Gasteiger partial charge in [0.25, 0.3) is 10.0 Å². The van der Waals surface area contributed by atoms with Gasteiger partial charge in [-0.15, -0.1) is 0 Å². The number of aryl methyl sites for hydroxylation is 2. The van der Waals surface area contributed by atoms with Gasteiger partial charge in [0, 0.05) is 11.6 Å². The molecule has 3 rings (SSSR count). The van der Waals surface area contributed by atoms with Crippen LogP contribution in [0.25, 0.3) is 10.9 Å². The minimum Gasteiger partial charge on any atom is -0.393 e. The highest BCUT2D eigenvalue weighted by Gasteiger charge is 2.21. The second kappa shape index (κ2) is 6.42. The summed E-state index contributed by atoms with van der Waals surface area (Å²) in [7, 11) is -3.65. The highest BCUT2D eigenvalue weighted by molar-refractivity contribution is 7.90. The molecule has 1 atom stereocenters. The number of aromatic nitrogens is 1. The molecule has 0 radical (unpaired) electrons. The third kappa shape index (κ3) is 3.09. The van der Waals surface area contributed by atoms with Crippen LogP contribution in [-0.4, -0.2) is 23.6 Å². The molecule has 1 heterocycles. The standard InChI is InChI=1S/C19H21NO3S/c1-14-7-11-17(12-8-14)24(22,23)20-13-16(10-9-15(2)21)18-5-3-4-6-19(18)20/h3-8,11-13,15,21H,9-10H2,1-2H3. The molecule has 5 heteroatoms. The molecular formula is C19H21NO3S. The molecule has 126 valence electrons. The van der Waals surface area contributed by atoms with Crippen molar-refractivity contribution in [3.05, 3.63) is 65.9 Å². The molecule has 2 aromatic carbocycles. The zero-order valence-corrected chi connectivity index (χ0v) is 14.6. The van der Waals surface area contributed by atoms with Crippen LogP contribution >= 0.6 is 0 Å². The van der Waals surface area contributed by atoms with Crippen molar-refractivity contribution in [3.63, 3.8) is 0 Å². The molecule has 0 bridgehead atoms. The first-order chi connectivity index (χ1) is 11.4. The molecule has 4 nitrogen and oxygen atoms in total. The first-order valence-corrected chi connectivity index (χ1v) is 9.43. The maximum atomic E-state index is 13.0. The second-order valence-corrected chi connectivity index (χ2v) is 7.99. The minimum atomic E-state index is -3.65. The van der Waals surface area contributed by atoms with Crippen LogP contribution in [0.3, 0.4) is 0 Å². The summed E-state index contributed by atoms with van der Waals surface area (Å²) in [4.78, 5) is 0.274. The summed E-state index contributed by atoms with van der Waals surface area (Å²) >= 11 is 0. The number of fused-ring (bicyclic) bond motifs is 1. The van der Waals surface area contributed by atoms with Gasteiger partial charge in [-0.2, -0.15) is 0 Å². The van der Waals surface area contributed by atoms with E-state index in [1.165, 1.54) is 3.97 Å². The number of benzene rings is 2. The Kier molecular flexibility index (Phi) is 4.47. The van der Waals surface area contributed by atoms with Crippen molar-refractivity contribution in [2.75, 3.05) is 0 Å². The fourth-order valence-electron chi connectivity index (χ4n) is 2.80. The van der Waals surface area contributed by atoms with Gasteiger partial charge in [0.1, 0.15) is 0 Å². The van der Waals surface area contributed by atoms with Crippen LogP contribution < -0.4 is 0 Å². The average Bonchev–Trinajstić information content (AvgIpc) is 2.93. The third-order valence-corrected chi connectivity index (χ3v) is 5.86. The first kappa shape index (κ1) is 16.7. The van der Waals surface area contributed by atoms with Crippen molar-refractivity contribution < 1.29 is 13.5 Å². The zero-order chi connectivity index (χ0) is 17.3. The highest BCUT2D eigenvalue weighted by atomic mass is 32.2. The van der Waals surface area contributed by atoms with E-state index in [1.807, 2.05) is 31.2 Å². The molecule has 0 aliphatic rings. The van der Waals surface area contributed by atoms with E-state index in [4.69, 9.17) is 0 Å². The quantitative estimate of drug-likeness (QED) is 0.771. The molecule has 0 amide bonds. The Morgan fingerprint density at radius 2 is 1.75 bits per heavy atom. The zero-order valence-electron chi connectivity index (χ0n) is 13.8. The summed E-state index contributed by atoms with van der Waals surface area (Å²) in [6.45, 7) is 3.66. The molecule has 1 aromatic heterocycles. The monoisotopic (exact) mass is 343 g/mol. The number of aliphatic hydroxyl groups excluding tert-OH is 1. The maximum absolute atomic E-state index is 13.0. The van der Waals surface area contributed by atoms with E-state index in [0.29, 0.717) is 18.4 Å². The lowest BCUT2D eigenvalue weighted by Gasteiger charge is -2.07. The van der Waals surface area contributed by atoms with Gasteiger partial charge in [0.15, 0.2) is 0 Å². The van der Waals surface area contributed by atoms with E-state index in [-0.39, 0.29) is 4.90 Å². The van der Waals surface area contributed by atoms with E-state index in [1.54, 1.807) is 37.4 Å². The van der Waals surface area contributed by atoms with Gasteiger partial charge in [-0.25, -0.2) is 12.4 Å². The van der Waals surface area contributed by atoms with Crippen molar-refractivity contribution in [1.29, 1.82) is 0 Å². The molecule has 0 saturated heterocycles. The van der Waals surface area contributed by atoms with Crippen LogP contribution in [-0.2, 0) is 16.4 Å². The second-order valence-electron chi connectivity index (χ2n) is 6.17. The summed E-state index contributed by atoms with van der Waals surface area (Å²) in [6, 6.07) is 14.3. The molecule has 24 heavy (non-hydrogen) atoms. The smallest absolute Gasteiger partial charge is 0.268 e. The first-order valence-electron chi connectivity index (χ1n) is 7.99. The van der Waals surface area contributed by atoms with Crippen LogP contribution in [0.2, 0.25) is 0 Å². The van der Waals surface area contributed by atoms with Crippen LogP contribution in [0.5, 0.6) is 0 Å². The van der Waals surface area contributed by atoms with Gasteiger partial charge in [-0.05, 0) is 50.5 Å². The molecule has 1 N–H and O–H groups in total. The molecule has 0 aliphatic carbocycles. The Labute approximate surface area is 142 Å². The van der Waals surface area contributed by atoms with Gasteiger partial charge in [0.05, 0.1) is 16.5 Å². The fourth-order valence-corrected chi connectivity index (χ4v) is 4.20. The number of rotatable bonds is 5. The molecular weight excluding hydrogens is 322 g/mol. The summed E-state index contributed by atoms with van der Waals surface area (Å²) in [5.74, 6) is 0. The number of hydrogen-bond acceptors (Lipinski definition) is 3. The Balaban J connectivity index is 2.13. The van der Waals surface area contributed by atoms with Crippen LogP contribution in [0.1, 0.15) is 24.5 Å². The summed E-state index contributed by atoms with van der Waals surface area (Å²) in [5, 5.41) is 10.4. The Morgan fingerprint density at radius 3 is 2.42 bits per heavy atom.